The lowest BCUT2D eigenvalue weighted by molar-refractivity contribution is -0.917. The van der Waals surface area contributed by atoms with Crippen molar-refractivity contribution in [3.8, 4) is 0 Å². The summed E-state index contributed by atoms with van der Waals surface area (Å²) in [7, 11) is 0. The second kappa shape index (κ2) is 10.1. The van der Waals surface area contributed by atoms with Crippen molar-refractivity contribution in [1.29, 1.82) is 0 Å². The summed E-state index contributed by atoms with van der Waals surface area (Å²) in [5.41, 5.74) is 3.07. The van der Waals surface area contributed by atoms with E-state index in [4.69, 9.17) is 11.6 Å². The first-order chi connectivity index (χ1) is 14.3. The van der Waals surface area contributed by atoms with E-state index in [-0.39, 0.29) is 11.8 Å². The van der Waals surface area contributed by atoms with Crippen LogP contribution >= 0.6 is 11.6 Å². The monoisotopic (exact) mass is 428 g/mol. The summed E-state index contributed by atoms with van der Waals surface area (Å²) in [6, 6.07) is 15.1. The minimum Gasteiger partial charge on any atom is -0.340 e. The van der Waals surface area contributed by atoms with Crippen LogP contribution in [0.25, 0.3) is 0 Å². The lowest BCUT2D eigenvalue weighted by Gasteiger charge is -2.33. The van der Waals surface area contributed by atoms with Crippen LogP contribution in [0.1, 0.15) is 48.2 Å². The van der Waals surface area contributed by atoms with E-state index in [0.717, 1.165) is 19.6 Å². The Labute approximate surface area is 184 Å². The van der Waals surface area contributed by atoms with E-state index in [0.29, 0.717) is 29.6 Å². The Hall–Kier alpha value is -2.37. The maximum absolute atomic E-state index is 12.8. The van der Waals surface area contributed by atoms with Crippen LogP contribution in [0.5, 0.6) is 0 Å². The molecule has 0 radical (unpaired) electrons. The van der Waals surface area contributed by atoms with Crippen LogP contribution in [-0.4, -0.2) is 48.9 Å². The number of rotatable bonds is 6. The molecule has 0 spiro atoms. The fourth-order valence-electron chi connectivity index (χ4n) is 3.78. The third-order valence-corrected chi connectivity index (χ3v) is 6.05. The van der Waals surface area contributed by atoms with Gasteiger partial charge in [-0.15, -0.1) is 0 Å². The van der Waals surface area contributed by atoms with Crippen LogP contribution in [0.15, 0.2) is 48.5 Å². The average Bonchev–Trinajstić information content (AvgIpc) is 2.74. The lowest BCUT2D eigenvalue weighted by Crippen LogP contribution is -3.13. The van der Waals surface area contributed by atoms with Gasteiger partial charge in [-0.2, -0.15) is 0 Å². The van der Waals surface area contributed by atoms with Gasteiger partial charge in [0.1, 0.15) is 12.6 Å². The Morgan fingerprint density at radius 2 is 1.67 bits per heavy atom. The Morgan fingerprint density at radius 3 is 2.27 bits per heavy atom. The molecule has 160 valence electrons. The highest BCUT2D eigenvalue weighted by molar-refractivity contribution is 6.33. The summed E-state index contributed by atoms with van der Waals surface area (Å²) in [5.74, 6) is 0.174. The summed E-state index contributed by atoms with van der Waals surface area (Å²) < 4.78 is 0. The first-order valence-electron chi connectivity index (χ1n) is 10.6. The highest BCUT2D eigenvalue weighted by Gasteiger charge is 2.28. The number of carbonyl (C=O) groups excluding carboxylic acids is 2. The fourth-order valence-corrected chi connectivity index (χ4v) is 4.01. The summed E-state index contributed by atoms with van der Waals surface area (Å²) in [5, 5.41) is 3.16. The Balaban J connectivity index is 1.48. The van der Waals surface area contributed by atoms with Gasteiger partial charge in [0.2, 0.25) is 5.91 Å². The number of carbonyl (C=O) groups is 2. The van der Waals surface area contributed by atoms with E-state index >= 15 is 0 Å². The molecule has 1 atom stereocenters. The maximum atomic E-state index is 12.8. The van der Waals surface area contributed by atoms with E-state index in [1.54, 1.807) is 31.2 Å². The number of hydrogen-bond donors (Lipinski definition) is 2. The van der Waals surface area contributed by atoms with E-state index in [1.807, 2.05) is 4.90 Å². The molecule has 1 saturated heterocycles. The Bertz CT molecular complexity index is 874. The number of amides is 2. The third-order valence-electron chi connectivity index (χ3n) is 5.72. The van der Waals surface area contributed by atoms with Gasteiger partial charge in [-0.1, -0.05) is 61.8 Å². The highest BCUT2D eigenvalue weighted by atomic mass is 35.5. The van der Waals surface area contributed by atoms with E-state index in [2.05, 4.69) is 43.4 Å². The standard InChI is InChI=1S/C24H30ClN3O2/c1-17(2)20-10-8-19(9-11-20)16-27-12-14-28(15-13-27)24(30)18(3)26-23(29)21-6-4-5-7-22(21)25/h4-11,17-18H,12-16H2,1-3H3,(H,26,29)/p+1/t18-/m0/s1. The predicted octanol–water partition coefficient (Wildman–Crippen LogP) is 2.51. The van der Waals surface area contributed by atoms with Gasteiger partial charge in [0.05, 0.1) is 36.8 Å². The molecule has 1 heterocycles. The molecule has 6 heteroatoms. The van der Waals surface area contributed by atoms with Gasteiger partial charge in [-0.05, 0) is 30.5 Å². The van der Waals surface area contributed by atoms with E-state index < -0.39 is 6.04 Å². The molecule has 1 fully saturated rings. The van der Waals surface area contributed by atoms with Crippen LogP contribution < -0.4 is 10.2 Å². The number of nitrogens with zero attached hydrogens (tertiary/aromatic N) is 1. The fraction of sp³-hybridized carbons (Fsp3) is 0.417. The van der Waals surface area contributed by atoms with Crippen molar-refractivity contribution in [3.05, 3.63) is 70.2 Å². The van der Waals surface area contributed by atoms with Crippen LogP contribution in [0.4, 0.5) is 0 Å². The van der Waals surface area contributed by atoms with Crippen molar-refractivity contribution in [1.82, 2.24) is 10.2 Å². The van der Waals surface area contributed by atoms with E-state index in [1.165, 1.54) is 16.0 Å². The van der Waals surface area contributed by atoms with E-state index in [9.17, 15) is 9.59 Å². The topological polar surface area (TPSA) is 53.9 Å². The molecule has 2 aromatic carbocycles. The number of benzene rings is 2. The summed E-state index contributed by atoms with van der Waals surface area (Å²) in [6.07, 6.45) is 0. The molecule has 5 nitrogen and oxygen atoms in total. The molecule has 0 saturated carbocycles. The zero-order valence-electron chi connectivity index (χ0n) is 18.0. The SMILES string of the molecule is CC(C)c1ccc(C[NH+]2CCN(C(=O)[C@H](C)NC(=O)c3ccccc3Cl)CC2)cc1. The van der Waals surface area contributed by atoms with Crippen LogP contribution in [0.3, 0.4) is 0 Å². The molecule has 0 aliphatic carbocycles. The predicted molar refractivity (Wildman–Crippen MR) is 120 cm³/mol. The van der Waals surface area contributed by atoms with Crippen LogP contribution in [-0.2, 0) is 11.3 Å². The van der Waals surface area contributed by atoms with Crippen molar-refractivity contribution in [2.24, 2.45) is 0 Å². The maximum Gasteiger partial charge on any atom is 0.253 e. The molecule has 1 aliphatic heterocycles. The molecule has 2 aromatic rings. The first-order valence-corrected chi connectivity index (χ1v) is 11.0. The number of nitrogens with one attached hydrogen (secondary N) is 2. The Kier molecular flexibility index (Phi) is 7.51. The van der Waals surface area contributed by atoms with Crippen molar-refractivity contribution in [2.75, 3.05) is 26.2 Å². The van der Waals surface area contributed by atoms with Gasteiger partial charge in [0, 0.05) is 5.56 Å². The zero-order chi connectivity index (χ0) is 21.7. The average molecular weight is 429 g/mol. The molecule has 0 unspecified atom stereocenters. The molecule has 2 N–H and O–H groups in total. The van der Waals surface area contributed by atoms with Gasteiger partial charge >= 0.3 is 0 Å². The Morgan fingerprint density at radius 1 is 1.03 bits per heavy atom. The summed E-state index contributed by atoms with van der Waals surface area (Å²) in [6.45, 7) is 10.3. The molecular formula is C24H31ClN3O2+. The van der Waals surface area contributed by atoms with Crippen molar-refractivity contribution in [2.45, 2.75) is 39.3 Å². The minimum atomic E-state index is -0.584. The normalized spacial score (nSPS) is 15.8. The number of quaternary nitrogens is 1. The minimum absolute atomic E-state index is 0.0456. The molecule has 30 heavy (non-hydrogen) atoms. The van der Waals surface area contributed by atoms with Crippen LogP contribution in [0.2, 0.25) is 5.02 Å². The van der Waals surface area contributed by atoms with Crippen LogP contribution in [0, 0.1) is 0 Å². The number of hydrogen-bond acceptors (Lipinski definition) is 2. The lowest BCUT2D eigenvalue weighted by atomic mass is 10.0. The molecule has 0 aromatic heterocycles. The summed E-state index contributed by atoms with van der Waals surface area (Å²) >= 11 is 6.08. The second-order valence-electron chi connectivity index (χ2n) is 8.32. The van der Waals surface area contributed by atoms with Gasteiger partial charge in [-0.25, -0.2) is 0 Å². The number of piperazine rings is 1. The second-order valence-corrected chi connectivity index (χ2v) is 8.73. The molecular weight excluding hydrogens is 398 g/mol. The quantitative estimate of drug-likeness (QED) is 0.742. The molecule has 1 aliphatic rings. The smallest absolute Gasteiger partial charge is 0.253 e. The van der Waals surface area contributed by atoms with Gasteiger partial charge in [0.25, 0.3) is 5.91 Å². The summed E-state index contributed by atoms with van der Waals surface area (Å²) in [4.78, 5) is 28.5. The van der Waals surface area contributed by atoms with Gasteiger partial charge in [0.15, 0.2) is 0 Å². The zero-order valence-corrected chi connectivity index (χ0v) is 18.7. The molecule has 3 rings (SSSR count). The van der Waals surface area contributed by atoms with Gasteiger partial charge < -0.3 is 15.1 Å². The number of halogens is 1. The van der Waals surface area contributed by atoms with Gasteiger partial charge in [-0.3, -0.25) is 9.59 Å². The van der Waals surface area contributed by atoms with Crippen molar-refractivity contribution in [3.63, 3.8) is 0 Å². The first kappa shape index (κ1) is 22.3. The molecule has 2 amide bonds. The highest BCUT2D eigenvalue weighted by Crippen LogP contribution is 2.15. The van der Waals surface area contributed by atoms with Crippen molar-refractivity contribution < 1.29 is 14.5 Å². The largest absolute Gasteiger partial charge is 0.340 e. The van der Waals surface area contributed by atoms with Crippen molar-refractivity contribution >= 4 is 23.4 Å². The molecule has 0 bridgehead atoms. The third kappa shape index (κ3) is 5.61.